The summed E-state index contributed by atoms with van der Waals surface area (Å²) < 4.78 is 6.34. The second-order valence-electron chi connectivity index (χ2n) is 6.50. The third kappa shape index (κ3) is 3.42. The summed E-state index contributed by atoms with van der Waals surface area (Å²) in [6, 6.07) is 12.2. The number of carbonyl (C=O) groups excluding carboxylic acids is 1. The summed E-state index contributed by atoms with van der Waals surface area (Å²) in [5, 5.41) is 3.51. The minimum Gasteiger partial charge on any atom is -0.469 e. The average molecular weight is 448 g/mol. The number of aromatic nitrogens is 1. The molecule has 1 aromatic heterocycles. The van der Waals surface area contributed by atoms with Crippen molar-refractivity contribution in [1.29, 1.82) is 0 Å². The van der Waals surface area contributed by atoms with Gasteiger partial charge in [0, 0.05) is 27.6 Å². The summed E-state index contributed by atoms with van der Waals surface area (Å²) in [5.41, 5.74) is 2.51. The smallest absolute Gasteiger partial charge is 0.312 e. The van der Waals surface area contributed by atoms with Gasteiger partial charge in [-0.05, 0) is 65.8 Å². The van der Waals surface area contributed by atoms with E-state index in [1.54, 1.807) is 6.20 Å². The van der Waals surface area contributed by atoms with Gasteiger partial charge >= 0.3 is 5.97 Å². The molecule has 0 saturated carbocycles. The first kappa shape index (κ1) is 17.9. The van der Waals surface area contributed by atoms with Crippen LogP contribution in [0.3, 0.4) is 0 Å². The maximum atomic E-state index is 12.8. The van der Waals surface area contributed by atoms with Gasteiger partial charge in [0.1, 0.15) is 0 Å². The molecule has 2 heterocycles. The molecule has 1 aliphatic heterocycles. The molecular weight excluding hydrogens is 427 g/mol. The molecule has 2 aromatic rings. The van der Waals surface area contributed by atoms with Gasteiger partial charge in [-0.1, -0.05) is 24.3 Å². The largest absolute Gasteiger partial charge is 0.469 e. The van der Waals surface area contributed by atoms with E-state index >= 15 is 0 Å². The van der Waals surface area contributed by atoms with Crippen molar-refractivity contribution < 1.29 is 9.53 Å². The first-order valence-electron chi connectivity index (χ1n) is 8.16. The Kier molecular flexibility index (Phi) is 5.13. The number of allylic oxidation sites excluding steroid dienone is 2. The monoisotopic (exact) mass is 448 g/mol. The zero-order valence-corrected chi connectivity index (χ0v) is 16.7. The molecule has 4 nitrogen and oxygen atoms in total. The highest BCUT2D eigenvalue weighted by atomic mass is 127. The van der Waals surface area contributed by atoms with E-state index in [0.717, 1.165) is 20.4 Å². The van der Waals surface area contributed by atoms with Crippen LogP contribution in [0.5, 0.6) is 0 Å². The first-order chi connectivity index (χ1) is 12.0. The number of ether oxygens (including phenoxy) is 1. The highest BCUT2D eigenvalue weighted by molar-refractivity contribution is 14.1. The van der Waals surface area contributed by atoms with Crippen LogP contribution >= 0.6 is 22.6 Å². The molecule has 0 bridgehead atoms. The van der Waals surface area contributed by atoms with Crippen molar-refractivity contribution in [2.75, 3.05) is 7.11 Å². The second kappa shape index (κ2) is 7.15. The van der Waals surface area contributed by atoms with E-state index in [9.17, 15) is 4.79 Å². The van der Waals surface area contributed by atoms with E-state index in [-0.39, 0.29) is 11.9 Å². The van der Waals surface area contributed by atoms with Crippen LogP contribution < -0.4 is 5.32 Å². The van der Waals surface area contributed by atoms with Crippen LogP contribution in [-0.4, -0.2) is 18.1 Å². The van der Waals surface area contributed by atoms with Crippen LogP contribution in [0.4, 0.5) is 0 Å². The normalized spacial score (nSPS) is 25.7. The predicted octanol–water partition coefficient (Wildman–Crippen LogP) is 3.98. The lowest BCUT2D eigenvalue weighted by Gasteiger charge is -2.45. The molecule has 130 valence electrons. The molecule has 3 atom stereocenters. The van der Waals surface area contributed by atoms with E-state index in [2.05, 4.69) is 57.2 Å². The number of methoxy groups -OCH3 is 1. The Balaban J connectivity index is 2.17. The number of esters is 1. The number of rotatable bonds is 3. The van der Waals surface area contributed by atoms with Crippen molar-refractivity contribution in [3.05, 3.63) is 75.3 Å². The van der Waals surface area contributed by atoms with Gasteiger partial charge in [0.25, 0.3) is 0 Å². The van der Waals surface area contributed by atoms with Gasteiger partial charge in [-0.2, -0.15) is 0 Å². The van der Waals surface area contributed by atoms with Gasteiger partial charge in [-0.15, -0.1) is 0 Å². The predicted molar refractivity (Wildman–Crippen MR) is 106 cm³/mol. The highest BCUT2D eigenvalue weighted by Crippen LogP contribution is 2.44. The molecular formula is C20H21IN2O2. The number of carbonyl (C=O) groups is 1. The maximum Gasteiger partial charge on any atom is 0.312 e. The third-order valence-corrected chi connectivity index (χ3v) is 5.49. The molecule has 1 aromatic carbocycles. The Morgan fingerprint density at radius 1 is 1.32 bits per heavy atom. The summed E-state index contributed by atoms with van der Waals surface area (Å²) in [7, 11) is 1.45. The Hall–Kier alpha value is -1.89. The fourth-order valence-electron chi connectivity index (χ4n) is 3.69. The van der Waals surface area contributed by atoms with Gasteiger partial charge in [0.05, 0.1) is 18.6 Å². The van der Waals surface area contributed by atoms with Crippen LogP contribution in [-0.2, 0) is 15.1 Å². The van der Waals surface area contributed by atoms with Crippen LogP contribution in [0.25, 0.3) is 0 Å². The van der Waals surface area contributed by atoms with Gasteiger partial charge in [-0.25, -0.2) is 0 Å². The van der Waals surface area contributed by atoms with Crippen molar-refractivity contribution in [3.8, 4) is 0 Å². The van der Waals surface area contributed by atoms with Crippen molar-refractivity contribution in [2.45, 2.75) is 25.3 Å². The lowest BCUT2D eigenvalue weighted by Crippen LogP contribution is -2.53. The number of benzene rings is 1. The van der Waals surface area contributed by atoms with Crippen LogP contribution in [0.2, 0.25) is 0 Å². The van der Waals surface area contributed by atoms with E-state index in [0.29, 0.717) is 0 Å². The highest BCUT2D eigenvalue weighted by Gasteiger charge is 2.48. The minimum absolute atomic E-state index is 0.0753. The Bertz CT molecular complexity index is 806. The SMILES string of the molecule is COC(=O)C1C(c2cccc(I)c2)C=C(C)NC1(C)c1cccnc1. The molecule has 1 aliphatic rings. The lowest BCUT2D eigenvalue weighted by atomic mass is 9.68. The third-order valence-electron chi connectivity index (χ3n) is 4.82. The molecule has 5 heteroatoms. The number of halogens is 1. The fraction of sp³-hybridized carbons (Fsp3) is 0.300. The Labute approximate surface area is 161 Å². The molecule has 0 radical (unpaired) electrons. The quantitative estimate of drug-likeness (QED) is 0.570. The summed E-state index contributed by atoms with van der Waals surface area (Å²) in [5.74, 6) is -0.705. The van der Waals surface area contributed by atoms with Crippen LogP contribution in [0.15, 0.2) is 60.6 Å². The maximum absolute atomic E-state index is 12.8. The van der Waals surface area contributed by atoms with Gasteiger partial charge < -0.3 is 10.1 Å². The van der Waals surface area contributed by atoms with Crippen molar-refractivity contribution >= 4 is 28.6 Å². The number of nitrogens with zero attached hydrogens (tertiary/aromatic N) is 1. The number of nitrogens with one attached hydrogen (secondary N) is 1. The van der Waals surface area contributed by atoms with Gasteiger partial charge in [0.15, 0.2) is 0 Å². The van der Waals surface area contributed by atoms with Crippen LogP contribution in [0.1, 0.15) is 30.9 Å². The van der Waals surface area contributed by atoms with Gasteiger partial charge in [0.2, 0.25) is 0 Å². The van der Waals surface area contributed by atoms with E-state index in [1.165, 1.54) is 7.11 Å². The molecule has 25 heavy (non-hydrogen) atoms. The Morgan fingerprint density at radius 2 is 2.12 bits per heavy atom. The lowest BCUT2D eigenvalue weighted by molar-refractivity contribution is -0.149. The summed E-state index contributed by atoms with van der Waals surface area (Å²) in [6.07, 6.45) is 5.67. The molecule has 0 saturated heterocycles. The van der Waals surface area contributed by atoms with E-state index in [4.69, 9.17) is 4.74 Å². The first-order valence-corrected chi connectivity index (χ1v) is 9.24. The second-order valence-corrected chi connectivity index (χ2v) is 7.75. The topological polar surface area (TPSA) is 51.2 Å². The zero-order valence-electron chi connectivity index (χ0n) is 14.5. The molecule has 1 N–H and O–H groups in total. The van der Waals surface area contributed by atoms with E-state index in [1.807, 2.05) is 38.2 Å². The fourth-order valence-corrected chi connectivity index (χ4v) is 4.25. The van der Waals surface area contributed by atoms with Gasteiger partial charge in [-0.3, -0.25) is 9.78 Å². The van der Waals surface area contributed by atoms with E-state index < -0.39 is 11.5 Å². The molecule has 3 rings (SSSR count). The summed E-state index contributed by atoms with van der Waals surface area (Å²) in [4.78, 5) is 17.1. The number of hydrogen-bond donors (Lipinski definition) is 1. The molecule has 0 aliphatic carbocycles. The standard InChI is InChI=1S/C20H21IN2O2/c1-13-10-17(14-6-4-8-16(21)11-14)18(19(24)25-3)20(2,23-13)15-7-5-9-22-12-15/h4-12,17-18,23H,1-3H3. The molecule has 0 amide bonds. The average Bonchev–Trinajstić information content (AvgIpc) is 2.61. The molecule has 0 spiro atoms. The van der Waals surface area contributed by atoms with Crippen molar-refractivity contribution in [3.63, 3.8) is 0 Å². The Morgan fingerprint density at radius 3 is 2.76 bits per heavy atom. The summed E-state index contributed by atoms with van der Waals surface area (Å²) in [6.45, 7) is 4.08. The minimum atomic E-state index is -0.605. The molecule has 3 unspecified atom stereocenters. The number of hydrogen-bond acceptors (Lipinski definition) is 4. The summed E-state index contributed by atoms with van der Waals surface area (Å²) >= 11 is 2.30. The van der Waals surface area contributed by atoms with Crippen molar-refractivity contribution in [2.24, 2.45) is 5.92 Å². The zero-order chi connectivity index (χ0) is 18.0. The number of pyridine rings is 1. The van der Waals surface area contributed by atoms with Crippen LogP contribution in [0, 0.1) is 9.49 Å². The van der Waals surface area contributed by atoms with Crippen molar-refractivity contribution in [1.82, 2.24) is 10.3 Å². The molecule has 0 fully saturated rings.